The molecule has 0 aliphatic rings. The van der Waals surface area contributed by atoms with E-state index < -0.39 is 7.75 Å². The lowest BCUT2D eigenvalue weighted by Gasteiger charge is -1.99. The van der Waals surface area contributed by atoms with Crippen molar-refractivity contribution >= 4 is 7.75 Å². The first-order valence-corrected chi connectivity index (χ1v) is 4.96. The van der Waals surface area contributed by atoms with Crippen LogP contribution in [0.5, 0.6) is 0 Å². The average molecular weight is 191 g/mol. The van der Waals surface area contributed by atoms with Gasteiger partial charge >= 0.3 is 7.75 Å². The average Bonchev–Trinajstić information content (AvgIpc) is 2.30. The highest BCUT2D eigenvalue weighted by Gasteiger charge is 2.19. The molecule has 0 amide bonds. The summed E-state index contributed by atoms with van der Waals surface area (Å²) in [5.74, 6) is 0.116. The lowest BCUT2D eigenvalue weighted by molar-refractivity contribution is 0.353. The lowest BCUT2D eigenvalue weighted by Crippen LogP contribution is -1.95. The van der Waals surface area contributed by atoms with Crippen molar-refractivity contribution in [2.75, 3.05) is 0 Å². The summed E-state index contributed by atoms with van der Waals surface area (Å²) in [5.41, 5.74) is 0.568. The van der Waals surface area contributed by atoms with E-state index in [0.717, 1.165) is 0 Å². The summed E-state index contributed by atoms with van der Waals surface area (Å²) >= 11 is 0. The fourth-order valence-electron chi connectivity index (χ4n) is 0.659. The predicted octanol–water partition coefficient (Wildman–Crippen LogP) is 0.342. The zero-order chi connectivity index (χ0) is 9.35. The van der Waals surface area contributed by atoms with Crippen LogP contribution >= 0.6 is 7.75 Å². The fraction of sp³-hybridized carbons (Fsp3) is 0.600. The second kappa shape index (κ2) is 2.97. The minimum Gasteiger partial charge on any atom is -0.307 e. The van der Waals surface area contributed by atoms with E-state index in [9.17, 15) is 4.57 Å². The Labute approximate surface area is 69.4 Å². The molecule has 0 bridgehead atoms. The van der Waals surface area contributed by atoms with Crippen LogP contribution in [0.3, 0.4) is 0 Å². The highest BCUT2D eigenvalue weighted by Crippen LogP contribution is 2.35. The minimum absolute atomic E-state index is 0.116. The standard InChI is InChI=1S/C5H10N3O3P/c1-4(2)5-3-8(7-6-5)12(9,10)11/h3-4H,1-2H3,(H2,9,10,11). The lowest BCUT2D eigenvalue weighted by atomic mass is 10.2. The van der Waals surface area contributed by atoms with Crippen LogP contribution in [0.25, 0.3) is 0 Å². The van der Waals surface area contributed by atoms with Crippen LogP contribution in [-0.2, 0) is 4.57 Å². The summed E-state index contributed by atoms with van der Waals surface area (Å²) in [6, 6.07) is 0. The quantitative estimate of drug-likeness (QED) is 0.658. The maximum atomic E-state index is 10.6. The van der Waals surface area contributed by atoms with Gasteiger partial charge in [-0.15, -0.1) is 5.10 Å². The third-order valence-electron chi connectivity index (χ3n) is 1.36. The highest BCUT2D eigenvalue weighted by atomic mass is 31.2. The molecule has 68 valence electrons. The molecule has 12 heavy (non-hydrogen) atoms. The van der Waals surface area contributed by atoms with Crippen LogP contribution in [0.1, 0.15) is 25.5 Å². The van der Waals surface area contributed by atoms with Crippen LogP contribution in [0.4, 0.5) is 0 Å². The van der Waals surface area contributed by atoms with Crippen LogP contribution < -0.4 is 0 Å². The van der Waals surface area contributed by atoms with Gasteiger partial charge in [0.1, 0.15) is 0 Å². The third-order valence-corrected chi connectivity index (χ3v) is 2.09. The molecule has 0 aromatic carbocycles. The molecule has 0 saturated carbocycles. The Bertz CT molecular complexity index is 315. The molecule has 0 unspecified atom stereocenters. The Balaban J connectivity index is 3.00. The van der Waals surface area contributed by atoms with Crippen molar-refractivity contribution in [3.05, 3.63) is 11.9 Å². The first-order chi connectivity index (χ1) is 5.41. The van der Waals surface area contributed by atoms with Gasteiger partial charge in [0.2, 0.25) is 0 Å². The second-order valence-electron chi connectivity index (χ2n) is 2.73. The van der Waals surface area contributed by atoms with E-state index in [-0.39, 0.29) is 5.92 Å². The van der Waals surface area contributed by atoms with Gasteiger partial charge in [0.15, 0.2) is 0 Å². The molecule has 6 nitrogen and oxygen atoms in total. The molecule has 0 radical (unpaired) electrons. The molecule has 1 heterocycles. The topological polar surface area (TPSA) is 88.2 Å². The van der Waals surface area contributed by atoms with Gasteiger partial charge in [-0.3, -0.25) is 0 Å². The van der Waals surface area contributed by atoms with Gasteiger partial charge < -0.3 is 9.79 Å². The number of nitrogens with zero attached hydrogens (tertiary/aromatic N) is 3. The molecule has 0 spiro atoms. The molecule has 2 N–H and O–H groups in total. The van der Waals surface area contributed by atoms with Gasteiger partial charge in [-0.05, 0) is 5.92 Å². The highest BCUT2D eigenvalue weighted by molar-refractivity contribution is 7.49. The Kier molecular flexibility index (Phi) is 2.32. The van der Waals surface area contributed by atoms with E-state index in [4.69, 9.17) is 9.79 Å². The van der Waals surface area contributed by atoms with E-state index in [1.54, 1.807) is 0 Å². The molecule has 0 atom stereocenters. The van der Waals surface area contributed by atoms with Crippen LogP contribution in [0.2, 0.25) is 0 Å². The van der Waals surface area contributed by atoms with Crippen molar-refractivity contribution in [1.82, 2.24) is 14.8 Å². The zero-order valence-electron chi connectivity index (χ0n) is 6.75. The summed E-state index contributed by atoms with van der Waals surface area (Å²) in [6.45, 7) is 3.74. The molecule has 1 aromatic heterocycles. The Morgan fingerprint density at radius 1 is 1.58 bits per heavy atom. The Morgan fingerprint density at radius 2 is 2.17 bits per heavy atom. The molecular formula is C5H10N3O3P. The molecule has 0 saturated heterocycles. The number of hydrogen-bond donors (Lipinski definition) is 2. The third kappa shape index (κ3) is 1.91. The van der Waals surface area contributed by atoms with Crippen molar-refractivity contribution in [2.45, 2.75) is 19.8 Å². The molecule has 1 rings (SSSR count). The number of rotatable bonds is 2. The monoisotopic (exact) mass is 191 g/mol. The fourth-order valence-corrected chi connectivity index (χ4v) is 1.07. The molecule has 0 fully saturated rings. The zero-order valence-corrected chi connectivity index (χ0v) is 7.64. The summed E-state index contributed by atoms with van der Waals surface area (Å²) in [6.07, 6.45) is 1.26. The van der Waals surface area contributed by atoms with Gasteiger partial charge in [0, 0.05) is 0 Å². The normalized spacial score (nSPS) is 12.4. The summed E-state index contributed by atoms with van der Waals surface area (Å²) in [5, 5.41) is 6.92. The number of hydrogen-bond acceptors (Lipinski definition) is 3. The van der Waals surface area contributed by atoms with Crippen molar-refractivity contribution in [3.8, 4) is 0 Å². The summed E-state index contributed by atoms with van der Waals surface area (Å²) < 4.78 is 11.2. The second-order valence-corrected chi connectivity index (χ2v) is 4.17. The molecule has 0 aliphatic carbocycles. The van der Waals surface area contributed by atoms with Gasteiger partial charge in [-0.2, -0.15) is 4.45 Å². The number of aromatic nitrogens is 3. The largest absolute Gasteiger partial charge is 0.451 e. The Hall–Kier alpha value is -0.710. The van der Waals surface area contributed by atoms with E-state index in [2.05, 4.69) is 10.3 Å². The first kappa shape index (κ1) is 9.38. The van der Waals surface area contributed by atoms with Crippen molar-refractivity contribution in [1.29, 1.82) is 0 Å². The summed E-state index contributed by atoms with van der Waals surface area (Å²) in [7, 11) is -4.29. The van der Waals surface area contributed by atoms with Crippen LogP contribution in [0.15, 0.2) is 6.20 Å². The molecule has 1 aromatic rings. The van der Waals surface area contributed by atoms with Crippen LogP contribution in [-0.4, -0.2) is 24.6 Å². The van der Waals surface area contributed by atoms with Crippen molar-refractivity contribution in [2.24, 2.45) is 0 Å². The first-order valence-electron chi connectivity index (χ1n) is 3.40. The van der Waals surface area contributed by atoms with Gasteiger partial charge in [-0.25, -0.2) is 4.57 Å². The maximum Gasteiger partial charge on any atom is 0.451 e. The van der Waals surface area contributed by atoms with Crippen molar-refractivity contribution in [3.63, 3.8) is 0 Å². The van der Waals surface area contributed by atoms with Crippen molar-refractivity contribution < 1.29 is 14.4 Å². The summed E-state index contributed by atoms with van der Waals surface area (Å²) in [4.78, 5) is 17.3. The van der Waals surface area contributed by atoms with E-state index in [0.29, 0.717) is 10.1 Å². The Morgan fingerprint density at radius 3 is 2.42 bits per heavy atom. The SMILES string of the molecule is CC(C)c1cn(P(=O)(O)O)nn1. The molecular weight excluding hydrogens is 181 g/mol. The predicted molar refractivity (Wildman–Crippen MR) is 41.6 cm³/mol. The van der Waals surface area contributed by atoms with Gasteiger partial charge in [0.25, 0.3) is 0 Å². The van der Waals surface area contributed by atoms with Gasteiger partial charge in [0.05, 0.1) is 11.9 Å². The minimum atomic E-state index is -4.29. The molecule has 0 aliphatic heterocycles. The van der Waals surface area contributed by atoms with E-state index in [1.807, 2.05) is 13.8 Å². The van der Waals surface area contributed by atoms with Gasteiger partial charge in [-0.1, -0.05) is 19.1 Å². The maximum absolute atomic E-state index is 10.6. The smallest absolute Gasteiger partial charge is 0.307 e. The van der Waals surface area contributed by atoms with Crippen LogP contribution in [0, 0.1) is 0 Å². The van der Waals surface area contributed by atoms with E-state index in [1.165, 1.54) is 6.20 Å². The molecule has 7 heteroatoms. The van der Waals surface area contributed by atoms with E-state index >= 15 is 0 Å².